The molecule has 1 fully saturated rings. The van der Waals surface area contributed by atoms with E-state index in [0.29, 0.717) is 32.4 Å². The first-order valence-electron chi connectivity index (χ1n) is 5.77. The van der Waals surface area contributed by atoms with Gasteiger partial charge in [0.15, 0.2) is 5.03 Å². The summed E-state index contributed by atoms with van der Waals surface area (Å²) in [5.41, 5.74) is 5.14. The third kappa shape index (κ3) is 2.70. The minimum Gasteiger partial charge on any atom is -0.370 e. The van der Waals surface area contributed by atoms with Crippen molar-refractivity contribution >= 4 is 15.9 Å². The molecule has 1 aromatic heterocycles. The molecule has 7 nitrogen and oxygen atoms in total. The number of piperidine rings is 1. The summed E-state index contributed by atoms with van der Waals surface area (Å²) in [6, 6.07) is 0. The fourth-order valence-electron chi connectivity index (χ4n) is 2.16. The first-order chi connectivity index (χ1) is 8.50. The summed E-state index contributed by atoms with van der Waals surface area (Å²) in [4.78, 5) is 17.1. The molecule has 18 heavy (non-hydrogen) atoms. The van der Waals surface area contributed by atoms with Crippen molar-refractivity contribution in [3.8, 4) is 0 Å². The zero-order valence-electron chi connectivity index (χ0n) is 9.87. The predicted molar refractivity (Wildman–Crippen MR) is 63.9 cm³/mol. The van der Waals surface area contributed by atoms with Crippen molar-refractivity contribution in [1.82, 2.24) is 14.3 Å². The number of hydrogen-bond acceptors (Lipinski definition) is 4. The summed E-state index contributed by atoms with van der Waals surface area (Å²) in [6.07, 6.45) is 4.29. The number of primary amides is 1. The highest BCUT2D eigenvalue weighted by Crippen LogP contribution is 2.24. The second-order valence-corrected chi connectivity index (χ2v) is 6.34. The maximum Gasteiger partial charge on any atom is 0.260 e. The number of carbonyl (C=O) groups excluding carboxylic acids is 1. The van der Waals surface area contributed by atoms with Gasteiger partial charge in [0.2, 0.25) is 5.91 Å². The number of aromatic amines is 1. The topological polar surface area (TPSA) is 109 Å². The van der Waals surface area contributed by atoms with E-state index in [9.17, 15) is 13.2 Å². The van der Waals surface area contributed by atoms with Crippen LogP contribution < -0.4 is 5.73 Å². The number of H-pyrrole nitrogens is 1. The van der Waals surface area contributed by atoms with Crippen LogP contribution in [0.1, 0.15) is 19.3 Å². The molecular formula is C10H16N4O3S. The van der Waals surface area contributed by atoms with Gasteiger partial charge >= 0.3 is 0 Å². The molecule has 2 heterocycles. The molecule has 2 rings (SSSR count). The van der Waals surface area contributed by atoms with Crippen LogP contribution in [0.5, 0.6) is 0 Å². The van der Waals surface area contributed by atoms with Crippen molar-refractivity contribution in [2.24, 2.45) is 11.7 Å². The van der Waals surface area contributed by atoms with Crippen LogP contribution >= 0.6 is 0 Å². The molecule has 0 atom stereocenters. The summed E-state index contributed by atoms with van der Waals surface area (Å²) >= 11 is 0. The Morgan fingerprint density at radius 3 is 2.67 bits per heavy atom. The fourth-order valence-corrected chi connectivity index (χ4v) is 3.53. The SMILES string of the molecule is NC(=O)CC1CCN(S(=O)(=O)c2cnc[nH]2)CC1. The van der Waals surface area contributed by atoms with Crippen molar-refractivity contribution in [1.29, 1.82) is 0 Å². The minimum absolute atomic E-state index is 0.107. The van der Waals surface area contributed by atoms with E-state index in [-0.39, 0.29) is 16.9 Å². The summed E-state index contributed by atoms with van der Waals surface area (Å²) in [5.74, 6) is -0.138. The summed E-state index contributed by atoms with van der Waals surface area (Å²) in [5, 5.41) is 0.107. The third-order valence-corrected chi connectivity index (χ3v) is 4.98. The Balaban J connectivity index is 2.00. The lowest BCUT2D eigenvalue weighted by molar-refractivity contribution is -0.119. The second-order valence-electron chi connectivity index (χ2n) is 4.43. The number of hydrogen-bond donors (Lipinski definition) is 2. The molecule has 0 saturated carbocycles. The first kappa shape index (κ1) is 13.0. The van der Waals surface area contributed by atoms with Crippen molar-refractivity contribution in [2.45, 2.75) is 24.3 Å². The maximum atomic E-state index is 12.1. The molecule has 100 valence electrons. The van der Waals surface area contributed by atoms with E-state index in [1.807, 2.05) is 0 Å². The van der Waals surface area contributed by atoms with E-state index in [1.54, 1.807) is 0 Å². The highest BCUT2D eigenvalue weighted by atomic mass is 32.2. The van der Waals surface area contributed by atoms with Crippen LogP contribution in [0.25, 0.3) is 0 Å². The Bertz CT molecular complexity index is 503. The molecule has 0 bridgehead atoms. The zero-order valence-corrected chi connectivity index (χ0v) is 10.7. The molecule has 1 amide bonds. The number of aromatic nitrogens is 2. The molecule has 0 spiro atoms. The smallest absolute Gasteiger partial charge is 0.260 e. The number of nitrogens with one attached hydrogen (secondary N) is 1. The van der Waals surface area contributed by atoms with E-state index in [4.69, 9.17) is 5.73 Å². The normalized spacial score (nSPS) is 18.9. The molecule has 0 radical (unpaired) electrons. The number of sulfonamides is 1. The number of rotatable bonds is 4. The average molecular weight is 272 g/mol. The van der Waals surface area contributed by atoms with Crippen molar-refractivity contribution in [3.63, 3.8) is 0 Å². The number of nitrogens with two attached hydrogens (primary N) is 1. The van der Waals surface area contributed by atoms with Gasteiger partial charge in [0.05, 0.1) is 12.5 Å². The number of nitrogens with zero attached hydrogens (tertiary/aromatic N) is 2. The Hall–Kier alpha value is -1.41. The van der Waals surface area contributed by atoms with Gasteiger partial charge in [-0.05, 0) is 18.8 Å². The number of imidazole rings is 1. The molecule has 1 saturated heterocycles. The van der Waals surface area contributed by atoms with E-state index in [2.05, 4.69) is 9.97 Å². The molecule has 1 aromatic rings. The standard InChI is InChI=1S/C10H16N4O3S/c11-9(15)5-8-1-3-14(4-2-8)18(16,17)10-6-12-7-13-10/h6-8H,1-5H2,(H2,11,15)(H,12,13). The van der Waals surface area contributed by atoms with E-state index < -0.39 is 10.0 Å². The van der Waals surface area contributed by atoms with Gasteiger partial charge in [0.1, 0.15) is 0 Å². The lowest BCUT2D eigenvalue weighted by Gasteiger charge is -2.30. The molecular weight excluding hydrogens is 256 g/mol. The van der Waals surface area contributed by atoms with Crippen LogP contribution in [0.15, 0.2) is 17.6 Å². The highest BCUT2D eigenvalue weighted by Gasteiger charge is 2.30. The largest absolute Gasteiger partial charge is 0.370 e. The van der Waals surface area contributed by atoms with E-state index in [1.165, 1.54) is 16.8 Å². The molecule has 3 N–H and O–H groups in total. The summed E-state index contributed by atoms with van der Waals surface area (Å²) < 4.78 is 25.7. The Labute approximate surface area is 105 Å². The molecule has 0 aliphatic carbocycles. The first-order valence-corrected chi connectivity index (χ1v) is 7.21. The van der Waals surface area contributed by atoms with Gasteiger partial charge in [0.25, 0.3) is 10.0 Å². The van der Waals surface area contributed by atoms with E-state index >= 15 is 0 Å². The van der Waals surface area contributed by atoms with Crippen LogP contribution in [0.4, 0.5) is 0 Å². The third-order valence-electron chi connectivity index (χ3n) is 3.15. The molecule has 0 unspecified atom stereocenters. The van der Waals surface area contributed by atoms with Crippen LogP contribution in [0, 0.1) is 5.92 Å². The summed E-state index contributed by atoms with van der Waals surface area (Å²) in [6.45, 7) is 0.832. The number of carbonyl (C=O) groups is 1. The van der Waals surface area contributed by atoms with Gasteiger partial charge in [-0.25, -0.2) is 13.4 Å². The number of amides is 1. The lowest BCUT2D eigenvalue weighted by atomic mass is 9.94. The molecule has 8 heteroatoms. The Morgan fingerprint density at radius 2 is 2.17 bits per heavy atom. The zero-order chi connectivity index (χ0) is 13.2. The average Bonchev–Trinajstić information content (AvgIpc) is 2.83. The van der Waals surface area contributed by atoms with Crippen molar-refractivity contribution in [2.75, 3.05) is 13.1 Å². The van der Waals surface area contributed by atoms with Crippen LogP contribution in [-0.2, 0) is 14.8 Å². The van der Waals surface area contributed by atoms with Crippen molar-refractivity contribution in [3.05, 3.63) is 12.5 Å². The summed E-state index contributed by atoms with van der Waals surface area (Å²) in [7, 11) is -3.47. The molecule has 0 aromatic carbocycles. The van der Waals surface area contributed by atoms with Crippen LogP contribution in [-0.4, -0.2) is 41.7 Å². The monoisotopic (exact) mass is 272 g/mol. The minimum atomic E-state index is -3.47. The highest BCUT2D eigenvalue weighted by molar-refractivity contribution is 7.89. The Kier molecular flexibility index (Phi) is 3.67. The van der Waals surface area contributed by atoms with E-state index in [0.717, 1.165) is 0 Å². The lowest BCUT2D eigenvalue weighted by Crippen LogP contribution is -2.39. The molecule has 1 aliphatic rings. The van der Waals surface area contributed by atoms with Gasteiger partial charge in [-0.3, -0.25) is 4.79 Å². The quantitative estimate of drug-likeness (QED) is 0.783. The van der Waals surface area contributed by atoms with Crippen LogP contribution in [0.2, 0.25) is 0 Å². The van der Waals surface area contributed by atoms with Gasteiger partial charge in [-0.1, -0.05) is 0 Å². The van der Waals surface area contributed by atoms with Gasteiger partial charge in [0, 0.05) is 19.5 Å². The molecule has 1 aliphatic heterocycles. The maximum absolute atomic E-state index is 12.1. The van der Waals surface area contributed by atoms with Gasteiger partial charge in [-0.2, -0.15) is 4.31 Å². The second kappa shape index (κ2) is 5.07. The Morgan fingerprint density at radius 1 is 1.50 bits per heavy atom. The predicted octanol–water partition coefficient (Wildman–Crippen LogP) is -0.314. The fraction of sp³-hybridized carbons (Fsp3) is 0.600. The van der Waals surface area contributed by atoms with Gasteiger partial charge < -0.3 is 10.7 Å². The van der Waals surface area contributed by atoms with Crippen molar-refractivity contribution < 1.29 is 13.2 Å². The van der Waals surface area contributed by atoms with Crippen LogP contribution in [0.3, 0.4) is 0 Å². The van der Waals surface area contributed by atoms with Gasteiger partial charge in [-0.15, -0.1) is 0 Å².